The lowest BCUT2D eigenvalue weighted by Gasteiger charge is -2.23. The van der Waals surface area contributed by atoms with Crippen LogP contribution in [-0.4, -0.2) is 56.0 Å². The van der Waals surface area contributed by atoms with Gasteiger partial charge >= 0.3 is 0 Å². The summed E-state index contributed by atoms with van der Waals surface area (Å²) in [5.74, 6) is 0.509. The first-order valence-corrected chi connectivity index (χ1v) is 7.64. The van der Waals surface area contributed by atoms with Gasteiger partial charge in [0.25, 0.3) is 5.91 Å². The first-order chi connectivity index (χ1) is 11.1. The minimum atomic E-state index is -0.964. The van der Waals surface area contributed by atoms with Crippen molar-refractivity contribution in [1.82, 2.24) is 25.1 Å². The number of hydrogen-bond acceptors (Lipinski definition) is 6. The van der Waals surface area contributed by atoms with Crippen LogP contribution < -0.4 is 10.2 Å². The Labute approximate surface area is 134 Å². The van der Waals surface area contributed by atoms with Crippen LogP contribution in [0.15, 0.2) is 31.0 Å². The number of aryl methyl sites for hydroxylation is 1. The number of aliphatic hydroxyl groups is 1. The third kappa shape index (κ3) is 3.48. The number of β-amino-alcohol motifs (C(OH)–C–C–N with tert-alkyl or cyclic N) is 1. The zero-order valence-electron chi connectivity index (χ0n) is 13.0. The Morgan fingerprint density at radius 2 is 2.30 bits per heavy atom. The SMILES string of the molecule is CCn1cc(C(=O)NCC2(O)CCN(c3cnccn3)C2)cn1. The Hall–Kier alpha value is -2.48. The molecule has 1 aliphatic heterocycles. The molecule has 3 rings (SSSR count). The minimum absolute atomic E-state index is 0.194. The molecule has 1 fully saturated rings. The molecule has 2 aromatic rings. The summed E-state index contributed by atoms with van der Waals surface area (Å²) in [5, 5.41) is 17.5. The highest BCUT2D eigenvalue weighted by molar-refractivity contribution is 5.93. The van der Waals surface area contributed by atoms with Gasteiger partial charge in [0.1, 0.15) is 11.4 Å². The highest BCUT2D eigenvalue weighted by Gasteiger charge is 2.37. The summed E-state index contributed by atoms with van der Waals surface area (Å²) < 4.78 is 1.69. The predicted molar refractivity (Wildman–Crippen MR) is 84.0 cm³/mol. The molecule has 1 amide bonds. The average Bonchev–Trinajstić information content (AvgIpc) is 3.21. The van der Waals surface area contributed by atoms with Crippen molar-refractivity contribution in [3.8, 4) is 0 Å². The Balaban J connectivity index is 1.56. The fraction of sp³-hybridized carbons (Fsp3) is 0.467. The van der Waals surface area contributed by atoms with E-state index in [1.807, 2.05) is 11.8 Å². The number of amides is 1. The molecule has 8 heteroatoms. The van der Waals surface area contributed by atoms with Crippen molar-refractivity contribution < 1.29 is 9.90 Å². The molecule has 0 aliphatic carbocycles. The van der Waals surface area contributed by atoms with Crippen LogP contribution in [0.5, 0.6) is 0 Å². The molecule has 0 radical (unpaired) electrons. The van der Waals surface area contributed by atoms with Crippen LogP contribution in [0, 0.1) is 0 Å². The van der Waals surface area contributed by atoms with Gasteiger partial charge in [0.15, 0.2) is 0 Å². The maximum Gasteiger partial charge on any atom is 0.254 e. The van der Waals surface area contributed by atoms with Gasteiger partial charge in [-0.05, 0) is 13.3 Å². The number of nitrogens with one attached hydrogen (secondary N) is 1. The van der Waals surface area contributed by atoms with Crippen LogP contribution in [-0.2, 0) is 6.54 Å². The van der Waals surface area contributed by atoms with E-state index in [-0.39, 0.29) is 12.5 Å². The molecule has 1 unspecified atom stereocenters. The molecule has 23 heavy (non-hydrogen) atoms. The maximum absolute atomic E-state index is 12.1. The summed E-state index contributed by atoms with van der Waals surface area (Å²) >= 11 is 0. The first-order valence-electron chi connectivity index (χ1n) is 7.64. The van der Waals surface area contributed by atoms with Crippen molar-refractivity contribution in [3.05, 3.63) is 36.5 Å². The van der Waals surface area contributed by atoms with Crippen molar-refractivity contribution >= 4 is 11.7 Å². The molecule has 2 aromatic heterocycles. The fourth-order valence-electron chi connectivity index (χ4n) is 2.65. The quantitative estimate of drug-likeness (QED) is 0.810. The predicted octanol–water partition coefficient (Wildman–Crippen LogP) is 0.0642. The van der Waals surface area contributed by atoms with E-state index in [4.69, 9.17) is 0 Å². The molecule has 122 valence electrons. The lowest BCUT2D eigenvalue weighted by molar-refractivity contribution is 0.0575. The largest absolute Gasteiger partial charge is 0.386 e. The van der Waals surface area contributed by atoms with Crippen LogP contribution in [0.3, 0.4) is 0 Å². The molecule has 2 N–H and O–H groups in total. The van der Waals surface area contributed by atoms with Gasteiger partial charge in [0.05, 0.1) is 18.0 Å². The number of hydrogen-bond donors (Lipinski definition) is 2. The van der Waals surface area contributed by atoms with Gasteiger partial charge < -0.3 is 15.3 Å². The number of anilines is 1. The third-order valence-electron chi connectivity index (χ3n) is 4.00. The van der Waals surface area contributed by atoms with Gasteiger partial charge in [-0.1, -0.05) is 0 Å². The van der Waals surface area contributed by atoms with Crippen LogP contribution in [0.25, 0.3) is 0 Å². The minimum Gasteiger partial charge on any atom is -0.386 e. The molecular formula is C15H20N6O2. The lowest BCUT2D eigenvalue weighted by Crippen LogP contribution is -2.45. The second kappa shape index (κ2) is 6.33. The van der Waals surface area contributed by atoms with Crippen LogP contribution >= 0.6 is 0 Å². The topological polar surface area (TPSA) is 96.2 Å². The zero-order valence-corrected chi connectivity index (χ0v) is 13.0. The standard InChI is InChI=1S/C15H20N6O2/c1-2-21-9-12(7-19-21)14(22)18-10-15(23)3-6-20(11-15)13-8-16-4-5-17-13/h4-5,7-9,23H,2-3,6,10-11H2,1H3,(H,18,22). The summed E-state index contributed by atoms with van der Waals surface area (Å²) in [7, 11) is 0. The van der Waals surface area contributed by atoms with E-state index in [0.29, 0.717) is 31.6 Å². The van der Waals surface area contributed by atoms with E-state index in [1.165, 1.54) is 6.20 Å². The van der Waals surface area contributed by atoms with Crippen molar-refractivity contribution in [3.63, 3.8) is 0 Å². The smallest absolute Gasteiger partial charge is 0.254 e. The lowest BCUT2D eigenvalue weighted by atomic mass is 10.0. The number of aromatic nitrogens is 4. The highest BCUT2D eigenvalue weighted by atomic mass is 16.3. The molecule has 1 aliphatic rings. The zero-order chi connectivity index (χ0) is 16.3. The monoisotopic (exact) mass is 316 g/mol. The van der Waals surface area contributed by atoms with Gasteiger partial charge in [-0.3, -0.25) is 14.5 Å². The average molecular weight is 316 g/mol. The van der Waals surface area contributed by atoms with E-state index >= 15 is 0 Å². The molecule has 0 bridgehead atoms. The summed E-state index contributed by atoms with van der Waals surface area (Å²) in [6, 6.07) is 0. The Bertz CT molecular complexity index is 674. The molecule has 0 aromatic carbocycles. The van der Waals surface area contributed by atoms with Gasteiger partial charge in [-0.25, -0.2) is 4.98 Å². The van der Waals surface area contributed by atoms with Crippen molar-refractivity contribution in [2.45, 2.75) is 25.5 Å². The van der Waals surface area contributed by atoms with Crippen LogP contribution in [0.1, 0.15) is 23.7 Å². The van der Waals surface area contributed by atoms with Gasteiger partial charge in [0, 0.05) is 44.8 Å². The molecule has 8 nitrogen and oxygen atoms in total. The number of rotatable bonds is 5. The van der Waals surface area contributed by atoms with Crippen LogP contribution in [0.2, 0.25) is 0 Å². The maximum atomic E-state index is 12.1. The van der Waals surface area contributed by atoms with E-state index in [2.05, 4.69) is 20.4 Å². The summed E-state index contributed by atoms with van der Waals surface area (Å²) in [6.45, 7) is 3.96. The number of carbonyl (C=O) groups is 1. The Kier molecular flexibility index (Phi) is 4.24. The highest BCUT2D eigenvalue weighted by Crippen LogP contribution is 2.24. The summed E-state index contributed by atoms with van der Waals surface area (Å²) in [4.78, 5) is 22.4. The normalized spacial score (nSPS) is 20.7. The van der Waals surface area contributed by atoms with E-state index in [9.17, 15) is 9.90 Å². The van der Waals surface area contributed by atoms with Crippen molar-refractivity contribution in [2.75, 3.05) is 24.5 Å². The first kappa shape index (κ1) is 15.4. The van der Waals surface area contributed by atoms with Gasteiger partial charge in [-0.2, -0.15) is 5.10 Å². The van der Waals surface area contributed by atoms with E-state index < -0.39 is 5.60 Å². The molecule has 1 atom stereocenters. The van der Waals surface area contributed by atoms with Gasteiger partial charge in [0.2, 0.25) is 0 Å². The Morgan fingerprint density at radius 1 is 1.43 bits per heavy atom. The molecule has 0 saturated carbocycles. The second-order valence-corrected chi connectivity index (χ2v) is 5.73. The Morgan fingerprint density at radius 3 is 3.00 bits per heavy atom. The second-order valence-electron chi connectivity index (χ2n) is 5.73. The molecule has 0 spiro atoms. The van der Waals surface area contributed by atoms with Crippen LogP contribution in [0.4, 0.5) is 5.82 Å². The van der Waals surface area contributed by atoms with Gasteiger partial charge in [-0.15, -0.1) is 0 Å². The molecular weight excluding hydrogens is 296 g/mol. The van der Waals surface area contributed by atoms with E-state index in [0.717, 1.165) is 5.82 Å². The van der Waals surface area contributed by atoms with E-state index in [1.54, 1.807) is 29.5 Å². The third-order valence-corrected chi connectivity index (χ3v) is 4.00. The number of nitrogens with zero attached hydrogens (tertiary/aromatic N) is 5. The fourth-order valence-corrected chi connectivity index (χ4v) is 2.65. The summed E-state index contributed by atoms with van der Waals surface area (Å²) in [5.41, 5.74) is -0.465. The van der Waals surface area contributed by atoms with Crippen molar-refractivity contribution in [1.29, 1.82) is 0 Å². The molecule has 1 saturated heterocycles. The number of carbonyl (C=O) groups excluding carboxylic acids is 1. The summed E-state index contributed by atoms with van der Waals surface area (Å²) in [6.07, 6.45) is 8.70. The molecule has 3 heterocycles. The van der Waals surface area contributed by atoms with Crippen molar-refractivity contribution in [2.24, 2.45) is 0 Å².